The van der Waals surface area contributed by atoms with Gasteiger partial charge in [-0.3, -0.25) is 4.79 Å². The lowest BCUT2D eigenvalue weighted by atomic mass is 10.3. The number of carbonyl (C=O) groups excluding carboxylic acids is 1. The second-order valence-corrected chi connectivity index (χ2v) is 6.17. The second-order valence-electron chi connectivity index (χ2n) is 3.80. The van der Waals surface area contributed by atoms with Gasteiger partial charge in [0.15, 0.2) is 0 Å². The van der Waals surface area contributed by atoms with E-state index < -0.39 is 9.96 Å². The Bertz CT molecular complexity index is 379. The number of para-hydroxylation sites is 1. The molecule has 0 spiro atoms. The Morgan fingerprint density at radius 3 is 2.39 bits per heavy atom. The standard InChI is InChI=1S/C12H15Cl3N2O/c1-2-6-10(18)17-11(12(13,14)15)16-9-7-4-3-5-8-9/h3-5,7-8,11,16H,2,6H2,1H3,(H,17,18)/t11-/m0/s1. The molecule has 0 aliphatic rings. The van der Waals surface area contributed by atoms with Crippen LogP contribution in [0.2, 0.25) is 0 Å². The molecule has 0 aliphatic carbocycles. The average molecular weight is 310 g/mol. The summed E-state index contributed by atoms with van der Waals surface area (Å²) in [5, 5.41) is 5.64. The smallest absolute Gasteiger partial charge is 0.228 e. The molecule has 3 nitrogen and oxygen atoms in total. The third-order valence-electron chi connectivity index (χ3n) is 2.19. The normalized spacial score (nSPS) is 12.9. The minimum atomic E-state index is -1.63. The van der Waals surface area contributed by atoms with Crippen molar-refractivity contribution >= 4 is 46.4 Å². The Morgan fingerprint density at radius 2 is 1.89 bits per heavy atom. The van der Waals surface area contributed by atoms with Crippen molar-refractivity contribution in [2.24, 2.45) is 0 Å². The van der Waals surface area contributed by atoms with Gasteiger partial charge in [0.25, 0.3) is 0 Å². The first-order valence-corrected chi connectivity index (χ1v) is 6.74. The Kier molecular flexibility index (Phi) is 6.06. The summed E-state index contributed by atoms with van der Waals surface area (Å²) < 4.78 is -1.63. The quantitative estimate of drug-likeness (QED) is 0.643. The molecular formula is C12H15Cl3N2O. The fourth-order valence-electron chi connectivity index (χ4n) is 1.36. The SMILES string of the molecule is CCCC(=O)N[C@H](Nc1ccccc1)C(Cl)(Cl)Cl. The summed E-state index contributed by atoms with van der Waals surface area (Å²) in [6.45, 7) is 1.91. The van der Waals surface area contributed by atoms with Crippen molar-refractivity contribution in [1.82, 2.24) is 5.32 Å². The van der Waals surface area contributed by atoms with Gasteiger partial charge in [-0.05, 0) is 18.6 Å². The first-order valence-electron chi connectivity index (χ1n) is 5.61. The monoisotopic (exact) mass is 308 g/mol. The zero-order chi connectivity index (χ0) is 13.6. The number of amides is 1. The topological polar surface area (TPSA) is 41.1 Å². The average Bonchev–Trinajstić information content (AvgIpc) is 2.28. The second kappa shape index (κ2) is 7.07. The van der Waals surface area contributed by atoms with Gasteiger partial charge in [-0.2, -0.15) is 0 Å². The summed E-state index contributed by atoms with van der Waals surface area (Å²) in [5.41, 5.74) is 0.769. The highest BCUT2D eigenvalue weighted by atomic mass is 35.6. The number of rotatable bonds is 5. The van der Waals surface area contributed by atoms with Crippen LogP contribution in [-0.4, -0.2) is 15.9 Å². The van der Waals surface area contributed by atoms with Crippen LogP contribution in [0.25, 0.3) is 0 Å². The zero-order valence-corrected chi connectivity index (χ0v) is 12.2. The number of hydrogen-bond acceptors (Lipinski definition) is 2. The van der Waals surface area contributed by atoms with Crippen molar-refractivity contribution in [1.29, 1.82) is 0 Å². The highest BCUT2D eigenvalue weighted by molar-refractivity contribution is 6.68. The van der Waals surface area contributed by atoms with Gasteiger partial charge in [0.1, 0.15) is 6.17 Å². The molecule has 18 heavy (non-hydrogen) atoms. The van der Waals surface area contributed by atoms with Crippen LogP contribution in [0.4, 0.5) is 5.69 Å². The predicted molar refractivity (Wildman–Crippen MR) is 77.2 cm³/mol. The van der Waals surface area contributed by atoms with E-state index in [9.17, 15) is 4.79 Å². The Labute approximate surface area is 122 Å². The van der Waals surface area contributed by atoms with E-state index in [0.29, 0.717) is 6.42 Å². The van der Waals surface area contributed by atoms with Crippen LogP contribution in [0.15, 0.2) is 30.3 Å². The number of anilines is 1. The molecule has 0 heterocycles. The molecule has 1 aromatic rings. The molecule has 1 atom stereocenters. The van der Waals surface area contributed by atoms with Crippen molar-refractivity contribution in [3.05, 3.63) is 30.3 Å². The van der Waals surface area contributed by atoms with Crippen LogP contribution >= 0.6 is 34.8 Å². The summed E-state index contributed by atoms with van der Waals surface area (Å²) in [6, 6.07) is 9.24. The molecule has 1 aromatic carbocycles. The maximum atomic E-state index is 11.6. The van der Waals surface area contributed by atoms with E-state index in [-0.39, 0.29) is 5.91 Å². The van der Waals surface area contributed by atoms with Gasteiger partial charge in [0, 0.05) is 12.1 Å². The van der Waals surface area contributed by atoms with Gasteiger partial charge in [0.05, 0.1) is 0 Å². The van der Waals surface area contributed by atoms with Crippen LogP contribution in [0.3, 0.4) is 0 Å². The molecule has 0 aliphatic heterocycles. The van der Waals surface area contributed by atoms with Crippen molar-refractivity contribution in [3.8, 4) is 0 Å². The van der Waals surface area contributed by atoms with E-state index in [2.05, 4.69) is 10.6 Å². The fraction of sp³-hybridized carbons (Fsp3) is 0.417. The summed E-state index contributed by atoms with van der Waals surface area (Å²) in [6.07, 6.45) is 0.362. The number of nitrogens with one attached hydrogen (secondary N) is 2. The zero-order valence-electron chi connectivity index (χ0n) is 9.92. The molecule has 1 amide bonds. The van der Waals surface area contributed by atoms with E-state index in [1.807, 2.05) is 37.3 Å². The van der Waals surface area contributed by atoms with E-state index in [1.54, 1.807) is 0 Å². The molecule has 0 saturated carbocycles. The lowest BCUT2D eigenvalue weighted by Gasteiger charge is -2.27. The minimum absolute atomic E-state index is 0.155. The number of hydrogen-bond donors (Lipinski definition) is 2. The highest BCUT2D eigenvalue weighted by Gasteiger charge is 2.33. The maximum Gasteiger partial charge on any atom is 0.228 e. The Hall–Kier alpha value is -0.640. The lowest BCUT2D eigenvalue weighted by molar-refractivity contribution is -0.121. The molecule has 2 N–H and O–H groups in total. The summed E-state index contributed by atoms with van der Waals surface area (Å²) in [7, 11) is 0. The molecule has 1 rings (SSSR count). The van der Waals surface area contributed by atoms with Crippen LogP contribution in [0.5, 0.6) is 0 Å². The van der Waals surface area contributed by atoms with Gasteiger partial charge in [-0.15, -0.1) is 0 Å². The van der Waals surface area contributed by atoms with Crippen LogP contribution in [0, 0.1) is 0 Å². The van der Waals surface area contributed by atoms with Crippen molar-refractivity contribution in [2.75, 3.05) is 5.32 Å². The van der Waals surface area contributed by atoms with Crippen LogP contribution in [0.1, 0.15) is 19.8 Å². The maximum absolute atomic E-state index is 11.6. The van der Waals surface area contributed by atoms with Crippen LogP contribution in [-0.2, 0) is 4.79 Å². The van der Waals surface area contributed by atoms with Gasteiger partial charge < -0.3 is 10.6 Å². The van der Waals surface area contributed by atoms with E-state index >= 15 is 0 Å². The van der Waals surface area contributed by atoms with E-state index in [4.69, 9.17) is 34.8 Å². The van der Waals surface area contributed by atoms with Crippen molar-refractivity contribution < 1.29 is 4.79 Å². The number of alkyl halides is 3. The molecular weight excluding hydrogens is 295 g/mol. The molecule has 100 valence electrons. The number of benzene rings is 1. The predicted octanol–water partition coefficient (Wildman–Crippen LogP) is 3.71. The Balaban J connectivity index is 2.71. The fourth-order valence-corrected chi connectivity index (χ4v) is 1.69. The first kappa shape index (κ1) is 15.4. The molecule has 6 heteroatoms. The van der Waals surface area contributed by atoms with Gasteiger partial charge in [-0.1, -0.05) is 59.9 Å². The van der Waals surface area contributed by atoms with Crippen molar-refractivity contribution in [3.63, 3.8) is 0 Å². The molecule has 0 saturated heterocycles. The largest absolute Gasteiger partial charge is 0.362 e. The molecule has 0 fully saturated rings. The van der Waals surface area contributed by atoms with Crippen molar-refractivity contribution in [2.45, 2.75) is 29.7 Å². The number of halogens is 3. The van der Waals surface area contributed by atoms with Gasteiger partial charge in [-0.25, -0.2) is 0 Å². The molecule has 0 unspecified atom stereocenters. The van der Waals surface area contributed by atoms with Crippen LogP contribution < -0.4 is 10.6 Å². The molecule has 0 radical (unpaired) electrons. The summed E-state index contributed by atoms with van der Waals surface area (Å²) in [4.78, 5) is 11.6. The Morgan fingerprint density at radius 1 is 1.28 bits per heavy atom. The van der Waals surface area contributed by atoms with E-state index in [0.717, 1.165) is 12.1 Å². The highest BCUT2D eigenvalue weighted by Crippen LogP contribution is 2.31. The third-order valence-corrected chi connectivity index (χ3v) is 2.85. The summed E-state index contributed by atoms with van der Waals surface area (Å²) >= 11 is 17.5. The number of carbonyl (C=O) groups is 1. The summed E-state index contributed by atoms with van der Waals surface area (Å²) in [5.74, 6) is -0.155. The molecule has 0 aromatic heterocycles. The first-order chi connectivity index (χ1) is 8.43. The lowest BCUT2D eigenvalue weighted by Crippen LogP contribution is -2.49. The third kappa shape index (κ3) is 5.34. The van der Waals surface area contributed by atoms with Gasteiger partial charge >= 0.3 is 0 Å². The van der Waals surface area contributed by atoms with E-state index in [1.165, 1.54) is 0 Å². The van der Waals surface area contributed by atoms with Gasteiger partial charge in [0.2, 0.25) is 9.70 Å². The molecule has 0 bridgehead atoms. The minimum Gasteiger partial charge on any atom is -0.362 e.